The molecule has 0 aromatic heterocycles. The largest absolute Gasteiger partial charge is 0.271 e. The molecule has 3 N–H and O–H groups in total. The Morgan fingerprint density at radius 3 is 2.64 bits per heavy atom. The zero-order valence-corrected chi connectivity index (χ0v) is 10.1. The van der Waals surface area contributed by atoms with Crippen LogP contribution < -0.4 is 11.3 Å². The molecule has 1 fully saturated rings. The molecule has 2 nitrogen and oxygen atoms in total. The van der Waals surface area contributed by atoms with E-state index in [-0.39, 0.29) is 0 Å². The van der Waals surface area contributed by atoms with E-state index in [0.29, 0.717) is 6.04 Å². The quantitative estimate of drug-likeness (QED) is 0.428. The van der Waals surface area contributed by atoms with E-state index >= 15 is 0 Å². The number of rotatable bonds is 4. The average Bonchev–Trinajstić information content (AvgIpc) is 2.17. The zero-order valence-electron chi connectivity index (χ0n) is 9.25. The summed E-state index contributed by atoms with van der Waals surface area (Å²) < 4.78 is 0. The molecular formula is C11H22N2S. The van der Waals surface area contributed by atoms with Gasteiger partial charge < -0.3 is 0 Å². The van der Waals surface area contributed by atoms with Crippen LogP contribution in [0, 0.1) is 5.92 Å². The second-order valence-corrected chi connectivity index (χ2v) is 5.53. The molecule has 1 saturated heterocycles. The molecule has 1 atom stereocenters. The summed E-state index contributed by atoms with van der Waals surface area (Å²) in [5.41, 5.74) is 4.24. The van der Waals surface area contributed by atoms with Crippen LogP contribution in [0.4, 0.5) is 0 Å². The van der Waals surface area contributed by atoms with Crippen LogP contribution in [0.25, 0.3) is 0 Å². The first-order chi connectivity index (χ1) is 6.72. The van der Waals surface area contributed by atoms with Gasteiger partial charge in [0.2, 0.25) is 0 Å². The monoisotopic (exact) mass is 214 g/mol. The van der Waals surface area contributed by atoms with Crippen LogP contribution in [0.1, 0.15) is 33.1 Å². The van der Waals surface area contributed by atoms with Gasteiger partial charge in [-0.3, -0.25) is 11.3 Å². The average molecular weight is 214 g/mol. The van der Waals surface area contributed by atoms with Gasteiger partial charge in [-0.2, -0.15) is 11.8 Å². The summed E-state index contributed by atoms with van der Waals surface area (Å²) in [6.07, 6.45) is 6.16. The summed E-state index contributed by atoms with van der Waals surface area (Å²) in [5.74, 6) is 9.07. The van der Waals surface area contributed by atoms with E-state index in [4.69, 9.17) is 5.84 Å². The van der Waals surface area contributed by atoms with Gasteiger partial charge in [0.05, 0.1) is 0 Å². The van der Waals surface area contributed by atoms with Gasteiger partial charge in [-0.15, -0.1) is 0 Å². The summed E-state index contributed by atoms with van der Waals surface area (Å²) in [6.45, 7) is 4.25. The van der Waals surface area contributed by atoms with Crippen LogP contribution in [0.3, 0.4) is 0 Å². The summed E-state index contributed by atoms with van der Waals surface area (Å²) >= 11 is 2.08. The molecule has 1 aliphatic rings. The molecule has 1 rings (SSSR count). The molecule has 1 heterocycles. The Hall–Kier alpha value is 0.01000. The Kier molecular flexibility index (Phi) is 5.60. The highest BCUT2D eigenvalue weighted by molar-refractivity contribution is 7.99. The normalized spacial score (nSPS) is 20.5. The lowest BCUT2D eigenvalue weighted by atomic mass is 9.94. The predicted octanol–water partition coefficient (Wildman–Crippen LogP) is 2.32. The summed E-state index contributed by atoms with van der Waals surface area (Å²) in [4.78, 5) is 0. The highest BCUT2D eigenvalue weighted by Gasteiger charge is 2.16. The van der Waals surface area contributed by atoms with Gasteiger partial charge in [0.1, 0.15) is 0 Å². The molecule has 0 spiro atoms. The lowest BCUT2D eigenvalue weighted by Crippen LogP contribution is -2.35. The number of nitrogens with two attached hydrogens (primary N) is 1. The first-order valence-corrected chi connectivity index (χ1v) is 6.56. The van der Waals surface area contributed by atoms with E-state index in [0.717, 1.165) is 5.92 Å². The highest BCUT2D eigenvalue weighted by Crippen LogP contribution is 2.26. The minimum Gasteiger partial charge on any atom is -0.271 e. The van der Waals surface area contributed by atoms with Crippen molar-refractivity contribution in [2.24, 2.45) is 11.8 Å². The Bertz CT molecular complexity index is 182. The number of hydrazine groups is 1. The van der Waals surface area contributed by atoms with Gasteiger partial charge >= 0.3 is 0 Å². The van der Waals surface area contributed by atoms with Gasteiger partial charge in [0.15, 0.2) is 0 Å². The topological polar surface area (TPSA) is 38.0 Å². The lowest BCUT2D eigenvalue weighted by Gasteiger charge is -2.24. The Morgan fingerprint density at radius 2 is 2.14 bits per heavy atom. The van der Waals surface area contributed by atoms with Crippen molar-refractivity contribution >= 4 is 11.8 Å². The lowest BCUT2D eigenvalue weighted by molar-refractivity contribution is 0.401. The molecule has 0 amide bonds. The number of hydrogen-bond acceptors (Lipinski definition) is 3. The van der Waals surface area contributed by atoms with E-state index in [2.05, 4.69) is 37.1 Å². The molecule has 0 aliphatic carbocycles. The van der Waals surface area contributed by atoms with E-state index < -0.39 is 0 Å². The number of thioether (sulfide) groups is 1. The third-order valence-electron chi connectivity index (χ3n) is 2.68. The van der Waals surface area contributed by atoms with Crippen LogP contribution in [0.15, 0.2) is 11.6 Å². The minimum atomic E-state index is 0.369. The molecular weight excluding hydrogens is 192 g/mol. The second-order valence-electron chi connectivity index (χ2n) is 4.31. The maximum Gasteiger partial charge on any atom is 0.0395 e. The van der Waals surface area contributed by atoms with Crippen LogP contribution in [0.2, 0.25) is 0 Å². The van der Waals surface area contributed by atoms with E-state index in [1.807, 2.05) is 0 Å². The fourth-order valence-corrected chi connectivity index (χ4v) is 3.13. The summed E-state index contributed by atoms with van der Waals surface area (Å²) in [6, 6.07) is 0.369. The third-order valence-corrected chi connectivity index (χ3v) is 3.73. The molecule has 0 bridgehead atoms. The molecule has 0 radical (unpaired) electrons. The van der Waals surface area contributed by atoms with Gasteiger partial charge in [-0.1, -0.05) is 11.6 Å². The fourth-order valence-electron chi connectivity index (χ4n) is 1.93. The van der Waals surface area contributed by atoms with Gasteiger partial charge in [0, 0.05) is 6.04 Å². The van der Waals surface area contributed by atoms with Gasteiger partial charge in [-0.05, 0) is 50.5 Å². The van der Waals surface area contributed by atoms with Crippen LogP contribution in [-0.2, 0) is 0 Å². The van der Waals surface area contributed by atoms with Crippen molar-refractivity contribution in [2.75, 3.05) is 11.5 Å². The summed E-state index contributed by atoms with van der Waals surface area (Å²) in [7, 11) is 0. The molecule has 0 aromatic carbocycles. The van der Waals surface area contributed by atoms with Crippen molar-refractivity contribution in [3.63, 3.8) is 0 Å². The van der Waals surface area contributed by atoms with Crippen molar-refractivity contribution < 1.29 is 0 Å². The number of allylic oxidation sites excluding steroid dienone is 1. The van der Waals surface area contributed by atoms with E-state index in [1.165, 1.54) is 36.3 Å². The molecule has 0 saturated carbocycles. The zero-order chi connectivity index (χ0) is 10.4. The Morgan fingerprint density at radius 1 is 1.50 bits per heavy atom. The second kappa shape index (κ2) is 6.49. The molecule has 14 heavy (non-hydrogen) atoms. The highest BCUT2D eigenvalue weighted by atomic mass is 32.2. The first kappa shape index (κ1) is 12.1. The van der Waals surface area contributed by atoms with Crippen molar-refractivity contribution in [1.82, 2.24) is 5.43 Å². The van der Waals surface area contributed by atoms with Crippen molar-refractivity contribution in [2.45, 2.75) is 39.2 Å². The number of hydrogen-bond donors (Lipinski definition) is 2. The number of nitrogens with one attached hydrogen (secondary N) is 1. The first-order valence-electron chi connectivity index (χ1n) is 5.41. The molecule has 3 heteroatoms. The smallest absolute Gasteiger partial charge is 0.0395 e. The van der Waals surface area contributed by atoms with Crippen LogP contribution in [-0.4, -0.2) is 17.5 Å². The molecule has 82 valence electrons. The predicted molar refractivity (Wildman–Crippen MR) is 65.2 cm³/mol. The third kappa shape index (κ3) is 4.49. The van der Waals surface area contributed by atoms with E-state index in [9.17, 15) is 0 Å². The van der Waals surface area contributed by atoms with Crippen molar-refractivity contribution in [3.8, 4) is 0 Å². The Labute approximate surface area is 91.7 Å². The minimum absolute atomic E-state index is 0.369. The summed E-state index contributed by atoms with van der Waals surface area (Å²) in [5, 5.41) is 0. The molecule has 0 aromatic rings. The fraction of sp³-hybridized carbons (Fsp3) is 0.818. The van der Waals surface area contributed by atoms with Gasteiger partial charge in [0.25, 0.3) is 0 Å². The Balaban J connectivity index is 2.35. The van der Waals surface area contributed by atoms with Crippen molar-refractivity contribution in [1.29, 1.82) is 0 Å². The molecule has 1 aliphatic heterocycles. The van der Waals surface area contributed by atoms with E-state index in [1.54, 1.807) is 0 Å². The maximum atomic E-state index is 5.54. The van der Waals surface area contributed by atoms with Crippen LogP contribution >= 0.6 is 11.8 Å². The maximum absolute atomic E-state index is 5.54. The van der Waals surface area contributed by atoms with Crippen molar-refractivity contribution in [3.05, 3.63) is 11.6 Å². The SMILES string of the molecule is CC(C)=CC(CC1CCSCC1)NN. The van der Waals surface area contributed by atoms with Gasteiger partial charge in [-0.25, -0.2) is 0 Å². The molecule has 1 unspecified atom stereocenters. The van der Waals surface area contributed by atoms with Crippen LogP contribution in [0.5, 0.6) is 0 Å². The standard InChI is InChI=1S/C11H22N2S/c1-9(2)7-11(13-12)8-10-3-5-14-6-4-10/h7,10-11,13H,3-6,8,12H2,1-2H3.